The van der Waals surface area contributed by atoms with Crippen LogP contribution < -0.4 is 5.32 Å². The van der Waals surface area contributed by atoms with Crippen molar-refractivity contribution in [3.8, 4) is 0 Å². The Labute approximate surface area is 173 Å². The van der Waals surface area contributed by atoms with Gasteiger partial charge in [0.05, 0.1) is 11.3 Å². The quantitative estimate of drug-likeness (QED) is 0.615. The molecule has 10 heteroatoms. The monoisotopic (exact) mass is 432 g/mol. The fourth-order valence-electron chi connectivity index (χ4n) is 2.54. The van der Waals surface area contributed by atoms with E-state index in [2.05, 4.69) is 15.5 Å². The maximum atomic E-state index is 13.0. The molecular formula is C20H21FN4O4S. The lowest BCUT2D eigenvalue weighted by molar-refractivity contribution is 0.102. The number of benzene rings is 2. The van der Waals surface area contributed by atoms with E-state index in [9.17, 15) is 17.6 Å². The third-order valence-corrected chi connectivity index (χ3v) is 6.52. The first-order chi connectivity index (χ1) is 14.2. The average molecular weight is 432 g/mol. The van der Waals surface area contributed by atoms with E-state index in [-0.39, 0.29) is 34.2 Å². The van der Waals surface area contributed by atoms with Crippen LogP contribution in [0.4, 0.5) is 10.4 Å². The molecule has 1 amide bonds. The number of anilines is 1. The number of hydrogen-bond acceptors (Lipinski definition) is 6. The van der Waals surface area contributed by atoms with Crippen molar-refractivity contribution < 1.29 is 22.0 Å². The maximum Gasteiger partial charge on any atom is 0.322 e. The Balaban J connectivity index is 1.66. The van der Waals surface area contributed by atoms with Gasteiger partial charge in [0.1, 0.15) is 5.82 Å². The zero-order valence-electron chi connectivity index (χ0n) is 16.7. The minimum absolute atomic E-state index is 0.0895. The van der Waals surface area contributed by atoms with Crippen molar-refractivity contribution in [2.45, 2.75) is 31.2 Å². The molecule has 30 heavy (non-hydrogen) atoms. The van der Waals surface area contributed by atoms with Gasteiger partial charge in [0, 0.05) is 18.7 Å². The summed E-state index contributed by atoms with van der Waals surface area (Å²) >= 11 is 0. The van der Waals surface area contributed by atoms with Crippen LogP contribution in [0.15, 0.2) is 57.8 Å². The van der Waals surface area contributed by atoms with Gasteiger partial charge in [-0.05, 0) is 55.8 Å². The van der Waals surface area contributed by atoms with E-state index < -0.39 is 15.9 Å². The summed E-state index contributed by atoms with van der Waals surface area (Å²) in [5.74, 6) is -0.602. The molecule has 0 bridgehead atoms. The fraction of sp³-hybridized carbons (Fsp3) is 0.250. The van der Waals surface area contributed by atoms with E-state index in [1.807, 2.05) is 0 Å². The van der Waals surface area contributed by atoms with Crippen LogP contribution in [0.1, 0.15) is 35.7 Å². The van der Waals surface area contributed by atoms with Gasteiger partial charge in [-0.15, -0.1) is 5.10 Å². The number of hydrogen-bond donors (Lipinski definition) is 1. The van der Waals surface area contributed by atoms with E-state index in [1.54, 1.807) is 26.0 Å². The van der Waals surface area contributed by atoms with Crippen molar-refractivity contribution in [3.63, 3.8) is 0 Å². The summed E-state index contributed by atoms with van der Waals surface area (Å²) in [4.78, 5) is 12.5. The highest BCUT2D eigenvalue weighted by atomic mass is 32.2. The number of carbonyl (C=O) groups is 1. The zero-order valence-corrected chi connectivity index (χ0v) is 17.5. The number of carbonyl (C=O) groups excluding carboxylic acids is 1. The van der Waals surface area contributed by atoms with Gasteiger partial charge >= 0.3 is 6.01 Å². The second-order valence-corrected chi connectivity index (χ2v) is 8.90. The largest absolute Gasteiger partial charge is 0.407 e. The van der Waals surface area contributed by atoms with Crippen LogP contribution in [0.25, 0.3) is 0 Å². The van der Waals surface area contributed by atoms with Crippen molar-refractivity contribution in [2.24, 2.45) is 0 Å². The van der Waals surface area contributed by atoms with Crippen molar-refractivity contribution in [3.05, 3.63) is 71.4 Å². The van der Waals surface area contributed by atoms with Crippen molar-refractivity contribution in [1.29, 1.82) is 0 Å². The predicted molar refractivity (Wildman–Crippen MR) is 108 cm³/mol. The molecule has 1 N–H and O–H groups in total. The van der Waals surface area contributed by atoms with Gasteiger partial charge in [0.15, 0.2) is 0 Å². The molecule has 158 valence electrons. The van der Waals surface area contributed by atoms with Crippen molar-refractivity contribution in [2.75, 3.05) is 12.4 Å². The van der Waals surface area contributed by atoms with Crippen LogP contribution in [0.5, 0.6) is 0 Å². The molecule has 2 aromatic carbocycles. The summed E-state index contributed by atoms with van der Waals surface area (Å²) in [7, 11) is -2.13. The van der Waals surface area contributed by atoms with E-state index in [0.29, 0.717) is 6.42 Å². The Hall–Kier alpha value is -3.11. The molecule has 0 spiro atoms. The minimum atomic E-state index is -3.63. The highest BCUT2D eigenvalue weighted by Gasteiger charge is 2.23. The predicted octanol–water partition coefficient (Wildman–Crippen LogP) is 3.08. The molecule has 1 heterocycles. The summed E-state index contributed by atoms with van der Waals surface area (Å²) in [5, 5.41) is 10.1. The Morgan fingerprint density at radius 1 is 1.10 bits per heavy atom. The number of halogens is 1. The molecule has 3 aromatic rings. The summed E-state index contributed by atoms with van der Waals surface area (Å²) in [6, 6.07) is 11.1. The summed E-state index contributed by atoms with van der Waals surface area (Å²) in [5.41, 5.74) is 1.01. The molecule has 0 saturated carbocycles. The third kappa shape index (κ3) is 4.89. The second kappa shape index (κ2) is 8.72. The maximum absolute atomic E-state index is 13.0. The molecule has 0 atom stereocenters. The van der Waals surface area contributed by atoms with Crippen LogP contribution in [0, 0.1) is 5.82 Å². The first-order valence-corrected chi connectivity index (χ1v) is 10.6. The Kier molecular flexibility index (Phi) is 6.28. The number of amides is 1. The number of sulfonamides is 1. The lowest BCUT2D eigenvalue weighted by atomic mass is 10.1. The second-order valence-electron chi connectivity index (χ2n) is 6.90. The summed E-state index contributed by atoms with van der Waals surface area (Å²) < 4.78 is 44.6. The molecule has 3 rings (SSSR count). The molecule has 1 aromatic heterocycles. The Morgan fingerprint density at radius 2 is 1.73 bits per heavy atom. The van der Waals surface area contributed by atoms with Gasteiger partial charge in [-0.3, -0.25) is 10.1 Å². The van der Waals surface area contributed by atoms with Crippen LogP contribution in [0.3, 0.4) is 0 Å². The Morgan fingerprint density at radius 3 is 2.33 bits per heavy atom. The zero-order chi connectivity index (χ0) is 21.9. The van der Waals surface area contributed by atoms with Gasteiger partial charge < -0.3 is 4.42 Å². The van der Waals surface area contributed by atoms with E-state index >= 15 is 0 Å². The highest BCUT2D eigenvalue weighted by molar-refractivity contribution is 7.89. The van der Waals surface area contributed by atoms with Crippen LogP contribution in [0.2, 0.25) is 0 Å². The van der Waals surface area contributed by atoms with Crippen LogP contribution in [-0.4, -0.2) is 41.9 Å². The molecular weight excluding hydrogens is 411 g/mol. The van der Waals surface area contributed by atoms with Gasteiger partial charge in [-0.1, -0.05) is 17.2 Å². The van der Waals surface area contributed by atoms with Gasteiger partial charge in [0.25, 0.3) is 5.91 Å². The number of nitrogens with one attached hydrogen (secondary N) is 1. The van der Waals surface area contributed by atoms with E-state index in [4.69, 9.17) is 4.42 Å². The normalized spacial score (nSPS) is 11.8. The fourth-order valence-corrected chi connectivity index (χ4v) is 3.91. The van der Waals surface area contributed by atoms with Crippen molar-refractivity contribution >= 4 is 21.9 Å². The third-order valence-electron chi connectivity index (χ3n) is 4.48. The first-order valence-electron chi connectivity index (χ1n) is 9.13. The topological polar surface area (TPSA) is 105 Å². The number of aromatic nitrogens is 2. The number of rotatable bonds is 7. The molecule has 0 saturated heterocycles. The highest BCUT2D eigenvalue weighted by Crippen LogP contribution is 2.18. The van der Waals surface area contributed by atoms with E-state index in [1.165, 1.54) is 47.8 Å². The standard InChI is InChI=1S/C20H21FN4O4S/c1-13(2)25(3)30(27,28)17-10-6-15(7-11-17)19(26)22-20-24-23-18(29-20)12-14-4-8-16(21)9-5-14/h4-11,13H,12H2,1-3H3,(H,22,24,26). The lowest BCUT2D eigenvalue weighted by Crippen LogP contribution is -2.33. The van der Waals surface area contributed by atoms with Crippen molar-refractivity contribution in [1.82, 2.24) is 14.5 Å². The van der Waals surface area contributed by atoms with Crippen LogP contribution >= 0.6 is 0 Å². The summed E-state index contributed by atoms with van der Waals surface area (Å²) in [6.45, 7) is 3.54. The minimum Gasteiger partial charge on any atom is -0.407 e. The SMILES string of the molecule is CC(C)N(C)S(=O)(=O)c1ccc(C(=O)Nc2nnc(Cc3ccc(F)cc3)o2)cc1. The van der Waals surface area contributed by atoms with Crippen LogP contribution in [-0.2, 0) is 16.4 Å². The molecule has 0 radical (unpaired) electrons. The first kappa shape index (κ1) is 21.6. The van der Waals surface area contributed by atoms with Gasteiger partial charge in [-0.25, -0.2) is 12.8 Å². The lowest BCUT2D eigenvalue weighted by Gasteiger charge is -2.20. The molecule has 0 aliphatic rings. The Bertz CT molecular complexity index is 1130. The van der Waals surface area contributed by atoms with Gasteiger partial charge in [0.2, 0.25) is 15.9 Å². The molecule has 0 unspecified atom stereocenters. The smallest absolute Gasteiger partial charge is 0.322 e. The molecule has 8 nitrogen and oxygen atoms in total. The average Bonchev–Trinajstić information content (AvgIpc) is 3.15. The molecule has 0 fully saturated rings. The molecule has 0 aliphatic heterocycles. The summed E-state index contributed by atoms with van der Waals surface area (Å²) in [6.07, 6.45) is 0.291. The van der Waals surface area contributed by atoms with E-state index in [0.717, 1.165) is 5.56 Å². The number of nitrogens with zero attached hydrogens (tertiary/aromatic N) is 3. The molecule has 0 aliphatic carbocycles. The van der Waals surface area contributed by atoms with Gasteiger partial charge in [-0.2, -0.15) is 4.31 Å².